The zero-order valence-corrected chi connectivity index (χ0v) is 14.3. The van der Waals surface area contributed by atoms with Gasteiger partial charge in [-0.3, -0.25) is 0 Å². The summed E-state index contributed by atoms with van der Waals surface area (Å²) < 4.78 is 26.5. The summed E-state index contributed by atoms with van der Waals surface area (Å²) in [7, 11) is 0. The second-order valence-electron chi connectivity index (χ2n) is 6.60. The average molecular weight is 347 g/mol. The minimum absolute atomic E-state index is 0.0166. The number of halogens is 2. The van der Waals surface area contributed by atoms with Crippen molar-refractivity contribution < 1.29 is 8.78 Å². The van der Waals surface area contributed by atoms with Crippen molar-refractivity contribution in [2.75, 3.05) is 11.1 Å². The van der Waals surface area contributed by atoms with E-state index in [1.807, 2.05) is 0 Å². The second-order valence-corrected chi connectivity index (χ2v) is 6.60. The van der Waals surface area contributed by atoms with E-state index in [9.17, 15) is 8.78 Å². The van der Waals surface area contributed by atoms with Crippen molar-refractivity contribution in [3.8, 4) is 0 Å². The van der Waals surface area contributed by atoms with Crippen LogP contribution in [0.2, 0.25) is 0 Å². The molecule has 3 rings (SSSR count). The van der Waals surface area contributed by atoms with Gasteiger partial charge in [-0.2, -0.15) is 15.0 Å². The number of aryl methyl sites for hydroxylation is 1. The minimum Gasteiger partial charge on any atom is -0.368 e. The minimum atomic E-state index is -1.30. The predicted octanol–water partition coefficient (Wildman–Crippen LogP) is 3.84. The van der Waals surface area contributed by atoms with E-state index >= 15 is 0 Å². The first kappa shape index (κ1) is 17.5. The molecule has 1 aromatic heterocycles. The number of benzene rings is 1. The number of rotatable bonds is 7. The van der Waals surface area contributed by atoms with E-state index in [0.29, 0.717) is 11.9 Å². The van der Waals surface area contributed by atoms with Crippen LogP contribution in [-0.4, -0.2) is 21.0 Å². The van der Waals surface area contributed by atoms with Crippen LogP contribution in [0.25, 0.3) is 0 Å². The fraction of sp³-hybridized carbons (Fsp3) is 0.500. The number of hydrogen-bond acceptors (Lipinski definition) is 5. The molecule has 7 heteroatoms. The van der Waals surface area contributed by atoms with Crippen LogP contribution >= 0.6 is 0 Å². The third kappa shape index (κ3) is 4.61. The largest absolute Gasteiger partial charge is 0.368 e. The molecule has 1 saturated carbocycles. The monoisotopic (exact) mass is 347 g/mol. The highest BCUT2D eigenvalue weighted by Gasteiger charge is 2.28. The molecule has 1 aliphatic carbocycles. The molecule has 0 unspecified atom stereocenters. The lowest BCUT2D eigenvalue weighted by molar-refractivity contribution is 0.265. The van der Waals surface area contributed by atoms with Crippen molar-refractivity contribution >= 4 is 11.9 Å². The van der Waals surface area contributed by atoms with Crippen LogP contribution in [-0.2, 0) is 6.42 Å². The normalized spacial score (nSPS) is 16.9. The molecule has 1 aromatic carbocycles. The van der Waals surface area contributed by atoms with Gasteiger partial charge >= 0.3 is 0 Å². The van der Waals surface area contributed by atoms with Crippen molar-refractivity contribution in [2.45, 2.75) is 51.2 Å². The molecule has 5 nitrogen and oxygen atoms in total. The molecular weight excluding hydrogens is 324 g/mol. The highest BCUT2D eigenvalue weighted by atomic mass is 19.1. The van der Waals surface area contributed by atoms with Crippen molar-refractivity contribution in [2.24, 2.45) is 5.92 Å². The van der Waals surface area contributed by atoms with E-state index in [1.165, 1.54) is 25.5 Å². The van der Waals surface area contributed by atoms with Gasteiger partial charge in [-0.05, 0) is 56.2 Å². The maximum Gasteiger partial charge on any atom is 0.228 e. The Morgan fingerprint density at radius 2 is 1.92 bits per heavy atom. The van der Waals surface area contributed by atoms with Crippen molar-refractivity contribution in [3.05, 3.63) is 41.5 Å². The molecule has 25 heavy (non-hydrogen) atoms. The van der Waals surface area contributed by atoms with Gasteiger partial charge in [0.1, 0.15) is 5.82 Å². The lowest BCUT2D eigenvalue weighted by Gasteiger charge is -2.34. The van der Waals surface area contributed by atoms with E-state index in [-0.39, 0.29) is 23.6 Å². The van der Waals surface area contributed by atoms with E-state index in [2.05, 4.69) is 20.3 Å². The molecule has 0 saturated heterocycles. The molecule has 2 atom stereocenters. The van der Waals surface area contributed by atoms with Gasteiger partial charge in [0.05, 0.1) is 0 Å². The first-order valence-electron chi connectivity index (χ1n) is 8.68. The number of nitrogens with zero attached hydrogens (tertiary/aromatic N) is 3. The van der Waals surface area contributed by atoms with E-state index in [0.717, 1.165) is 31.2 Å². The Labute approximate surface area is 146 Å². The Morgan fingerprint density at radius 3 is 2.52 bits per heavy atom. The number of nitrogen functional groups attached to an aromatic ring is 1. The zero-order valence-electron chi connectivity index (χ0n) is 14.3. The molecule has 1 aliphatic rings. The number of alkyl halides is 1. The van der Waals surface area contributed by atoms with Gasteiger partial charge in [-0.1, -0.05) is 18.6 Å². The molecule has 0 radical (unpaired) electrons. The molecule has 1 heterocycles. The highest BCUT2D eigenvalue weighted by Crippen LogP contribution is 2.33. The van der Waals surface area contributed by atoms with Gasteiger partial charge in [-0.15, -0.1) is 0 Å². The highest BCUT2D eigenvalue weighted by molar-refractivity contribution is 5.33. The lowest BCUT2D eigenvalue weighted by atomic mass is 9.78. The third-order valence-electron chi connectivity index (χ3n) is 4.72. The van der Waals surface area contributed by atoms with Gasteiger partial charge in [0, 0.05) is 6.04 Å². The second kappa shape index (κ2) is 7.72. The average Bonchev–Trinajstić information content (AvgIpc) is 2.52. The number of aromatic nitrogens is 3. The summed E-state index contributed by atoms with van der Waals surface area (Å²) >= 11 is 0. The summed E-state index contributed by atoms with van der Waals surface area (Å²) in [5.74, 6) is 0.683. The summed E-state index contributed by atoms with van der Waals surface area (Å²) in [4.78, 5) is 12.1. The van der Waals surface area contributed by atoms with Gasteiger partial charge in [-0.25, -0.2) is 8.78 Å². The van der Waals surface area contributed by atoms with Crippen LogP contribution in [0.5, 0.6) is 0 Å². The maximum absolute atomic E-state index is 13.5. The van der Waals surface area contributed by atoms with Crippen molar-refractivity contribution in [1.29, 1.82) is 0 Å². The molecule has 0 bridgehead atoms. The van der Waals surface area contributed by atoms with E-state index in [1.54, 1.807) is 12.1 Å². The standard InChI is InChI=1S/C18H23F2N5/c1-11(19)16-23-17(21)25-18(24-16)22-15(13-3-2-4-13)10-7-12-5-8-14(20)9-6-12/h5-6,8-9,11,13,15H,2-4,7,10H2,1H3,(H3,21,22,23,24,25)/t11-,15-/m0/s1. The molecule has 0 aliphatic heterocycles. The van der Waals surface area contributed by atoms with Gasteiger partial charge < -0.3 is 11.1 Å². The Hall–Kier alpha value is -2.31. The summed E-state index contributed by atoms with van der Waals surface area (Å²) in [5, 5.41) is 3.32. The summed E-state index contributed by atoms with van der Waals surface area (Å²) in [5.41, 5.74) is 6.75. The number of nitrogens with two attached hydrogens (primary N) is 1. The quantitative estimate of drug-likeness (QED) is 0.796. The predicted molar refractivity (Wildman–Crippen MR) is 93.2 cm³/mol. The lowest BCUT2D eigenvalue weighted by Crippen LogP contribution is -2.35. The Morgan fingerprint density at radius 1 is 1.20 bits per heavy atom. The smallest absolute Gasteiger partial charge is 0.228 e. The molecule has 2 aromatic rings. The number of anilines is 2. The molecule has 3 N–H and O–H groups in total. The van der Waals surface area contributed by atoms with Crippen LogP contribution in [0.15, 0.2) is 24.3 Å². The SMILES string of the molecule is C[C@H](F)c1nc(N)nc(N[C@@H](CCc2ccc(F)cc2)C2CCC2)n1. The number of nitrogens with one attached hydrogen (secondary N) is 1. The fourth-order valence-corrected chi connectivity index (χ4v) is 3.06. The van der Waals surface area contributed by atoms with Crippen LogP contribution < -0.4 is 11.1 Å². The van der Waals surface area contributed by atoms with Gasteiger partial charge in [0.15, 0.2) is 12.0 Å². The topological polar surface area (TPSA) is 76.7 Å². The van der Waals surface area contributed by atoms with E-state index in [4.69, 9.17) is 5.73 Å². The maximum atomic E-state index is 13.5. The first-order chi connectivity index (χ1) is 12.0. The molecule has 0 amide bonds. The molecule has 1 fully saturated rings. The summed E-state index contributed by atoms with van der Waals surface area (Å²) in [6, 6.07) is 6.72. The Bertz CT molecular complexity index is 701. The Balaban J connectivity index is 1.69. The van der Waals surface area contributed by atoms with Crippen molar-refractivity contribution in [3.63, 3.8) is 0 Å². The molecular formula is C18H23F2N5. The van der Waals surface area contributed by atoms with Crippen LogP contribution in [0.3, 0.4) is 0 Å². The third-order valence-corrected chi connectivity index (χ3v) is 4.72. The Kier molecular flexibility index (Phi) is 5.40. The van der Waals surface area contributed by atoms with E-state index < -0.39 is 6.17 Å². The zero-order chi connectivity index (χ0) is 17.8. The number of hydrogen-bond donors (Lipinski definition) is 2. The fourth-order valence-electron chi connectivity index (χ4n) is 3.06. The van der Waals surface area contributed by atoms with Crippen LogP contribution in [0.1, 0.15) is 50.2 Å². The molecule has 0 spiro atoms. The summed E-state index contributed by atoms with van der Waals surface area (Å²) in [6.07, 6.45) is 3.89. The van der Waals surface area contributed by atoms with Crippen LogP contribution in [0, 0.1) is 11.7 Å². The van der Waals surface area contributed by atoms with Crippen LogP contribution in [0.4, 0.5) is 20.7 Å². The molecule has 134 valence electrons. The van der Waals surface area contributed by atoms with Gasteiger partial charge in [0.2, 0.25) is 11.9 Å². The first-order valence-corrected chi connectivity index (χ1v) is 8.68. The summed E-state index contributed by atoms with van der Waals surface area (Å²) in [6.45, 7) is 1.37. The van der Waals surface area contributed by atoms with Gasteiger partial charge in [0.25, 0.3) is 0 Å². The van der Waals surface area contributed by atoms with Crippen molar-refractivity contribution in [1.82, 2.24) is 15.0 Å².